The van der Waals surface area contributed by atoms with E-state index in [9.17, 15) is 4.79 Å². The first-order valence-corrected chi connectivity index (χ1v) is 11.0. The van der Waals surface area contributed by atoms with Crippen molar-refractivity contribution in [3.05, 3.63) is 66.4 Å². The molecule has 6 nitrogen and oxygen atoms in total. The van der Waals surface area contributed by atoms with E-state index in [0.717, 1.165) is 48.4 Å². The fourth-order valence-corrected chi connectivity index (χ4v) is 3.99. The first kappa shape index (κ1) is 21.7. The molecule has 4 rings (SSSR count). The molecule has 2 aromatic carbocycles. The van der Waals surface area contributed by atoms with Crippen molar-refractivity contribution in [1.29, 1.82) is 0 Å². The lowest BCUT2D eigenvalue weighted by Crippen LogP contribution is -2.30. The van der Waals surface area contributed by atoms with E-state index in [-0.39, 0.29) is 5.91 Å². The molecule has 1 fully saturated rings. The number of benzene rings is 2. The SMILES string of the molecule is COc1ccc(-c2nn(-c3ccccc3)cc2/C=C/C(=O)N2CCCCCC2)cc1OC. The van der Waals surface area contributed by atoms with Gasteiger partial charge in [-0.05, 0) is 49.2 Å². The van der Waals surface area contributed by atoms with Gasteiger partial charge in [0, 0.05) is 36.5 Å². The summed E-state index contributed by atoms with van der Waals surface area (Å²) in [4.78, 5) is 14.8. The topological polar surface area (TPSA) is 56.6 Å². The molecular formula is C26H29N3O3. The Balaban J connectivity index is 1.70. The molecule has 0 unspecified atom stereocenters. The molecule has 0 radical (unpaired) electrons. The Morgan fingerprint density at radius 1 is 0.938 bits per heavy atom. The molecular weight excluding hydrogens is 402 g/mol. The van der Waals surface area contributed by atoms with Gasteiger partial charge in [0.15, 0.2) is 11.5 Å². The Morgan fingerprint density at radius 3 is 2.34 bits per heavy atom. The number of ether oxygens (including phenoxy) is 2. The molecule has 32 heavy (non-hydrogen) atoms. The predicted octanol–water partition coefficient (Wildman–Crippen LogP) is 4.97. The van der Waals surface area contributed by atoms with Gasteiger partial charge in [-0.1, -0.05) is 31.0 Å². The molecule has 166 valence electrons. The van der Waals surface area contributed by atoms with Crippen LogP contribution in [0.25, 0.3) is 23.0 Å². The van der Waals surface area contributed by atoms with E-state index in [4.69, 9.17) is 14.6 Å². The number of nitrogens with zero attached hydrogens (tertiary/aromatic N) is 3. The van der Waals surface area contributed by atoms with Gasteiger partial charge in [0.2, 0.25) is 5.91 Å². The lowest BCUT2D eigenvalue weighted by atomic mass is 10.1. The molecule has 0 bridgehead atoms. The minimum atomic E-state index is 0.0534. The summed E-state index contributed by atoms with van der Waals surface area (Å²) >= 11 is 0. The lowest BCUT2D eigenvalue weighted by Gasteiger charge is -2.17. The van der Waals surface area contributed by atoms with Crippen LogP contribution >= 0.6 is 0 Å². The summed E-state index contributed by atoms with van der Waals surface area (Å²) in [6.45, 7) is 1.66. The molecule has 1 amide bonds. The van der Waals surface area contributed by atoms with Gasteiger partial charge in [0.25, 0.3) is 0 Å². The molecule has 1 aliphatic heterocycles. The zero-order valence-electron chi connectivity index (χ0n) is 18.7. The number of hydrogen-bond acceptors (Lipinski definition) is 4. The van der Waals surface area contributed by atoms with Crippen molar-refractivity contribution >= 4 is 12.0 Å². The third-order valence-corrected chi connectivity index (χ3v) is 5.74. The highest BCUT2D eigenvalue weighted by Gasteiger charge is 2.16. The minimum absolute atomic E-state index is 0.0534. The van der Waals surface area contributed by atoms with E-state index in [1.165, 1.54) is 12.8 Å². The second-order valence-electron chi connectivity index (χ2n) is 7.86. The average Bonchev–Trinajstić information content (AvgIpc) is 3.08. The number of hydrogen-bond donors (Lipinski definition) is 0. The number of para-hydroxylation sites is 1. The van der Waals surface area contributed by atoms with Gasteiger partial charge in [0.05, 0.1) is 19.9 Å². The van der Waals surface area contributed by atoms with E-state index in [2.05, 4.69) is 0 Å². The van der Waals surface area contributed by atoms with Crippen LogP contribution in [-0.4, -0.2) is 47.9 Å². The molecule has 6 heteroatoms. The summed E-state index contributed by atoms with van der Waals surface area (Å²) in [5.74, 6) is 1.35. The maximum absolute atomic E-state index is 12.8. The largest absolute Gasteiger partial charge is 0.493 e. The summed E-state index contributed by atoms with van der Waals surface area (Å²) in [5, 5.41) is 4.83. The highest BCUT2D eigenvalue weighted by atomic mass is 16.5. The van der Waals surface area contributed by atoms with E-state index in [0.29, 0.717) is 11.5 Å². The summed E-state index contributed by atoms with van der Waals surface area (Å²) < 4.78 is 12.7. The normalized spacial score (nSPS) is 14.4. The summed E-state index contributed by atoms with van der Waals surface area (Å²) in [6.07, 6.45) is 10.0. The number of aromatic nitrogens is 2. The highest BCUT2D eigenvalue weighted by Crippen LogP contribution is 2.33. The molecule has 0 N–H and O–H groups in total. The van der Waals surface area contributed by atoms with Crippen LogP contribution < -0.4 is 9.47 Å². The van der Waals surface area contributed by atoms with Gasteiger partial charge < -0.3 is 14.4 Å². The van der Waals surface area contributed by atoms with Crippen LogP contribution in [0.4, 0.5) is 0 Å². The van der Waals surface area contributed by atoms with Crippen molar-refractivity contribution in [2.75, 3.05) is 27.3 Å². The molecule has 3 aromatic rings. The first-order chi connectivity index (χ1) is 15.7. The molecule has 1 saturated heterocycles. The fraction of sp³-hybridized carbons (Fsp3) is 0.308. The van der Waals surface area contributed by atoms with Crippen molar-refractivity contribution in [2.24, 2.45) is 0 Å². The Morgan fingerprint density at radius 2 is 1.66 bits per heavy atom. The minimum Gasteiger partial charge on any atom is -0.493 e. The maximum Gasteiger partial charge on any atom is 0.246 e. The smallest absolute Gasteiger partial charge is 0.246 e. The first-order valence-electron chi connectivity index (χ1n) is 11.0. The van der Waals surface area contributed by atoms with Crippen LogP contribution in [0.1, 0.15) is 31.2 Å². The Labute approximate surface area is 189 Å². The number of amides is 1. The summed E-state index contributed by atoms with van der Waals surface area (Å²) in [7, 11) is 3.23. The predicted molar refractivity (Wildman–Crippen MR) is 126 cm³/mol. The maximum atomic E-state index is 12.8. The van der Waals surface area contributed by atoms with Crippen molar-refractivity contribution in [2.45, 2.75) is 25.7 Å². The Hall–Kier alpha value is -3.54. The van der Waals surface area contributed by atoms with Crippen LogP contribution in [0.15, 0.2) is 60.8 Å². The van der Waals surface area contributed by atoms with Crippen molar-refractivity contribution in [3.8, 4) is 28.4 Å². The molecule has 2 heterocycles. The van der Waals surface area contributed by atoms with Gasteiger partial charge in [0.1, 0.15) is 5.69 Å². The van der Waals surface area contributed by atoms with Crippen molar-refractivity contribution in [3.63, 3.8) is 0 Å². The van der Waals surface area contributed by atoms with Gasteiger partial charge >= 0.3 is 0 Å². The van der Waals surface area contributed by atoms with Crippen LogP contribution in [0.3, 0.4) is 0 Å². The van der Waals surface area contributed by atoms with Crippen molar-refractivity contribution < 1.29 is 14.3 Å². The van der Waals surface area contributed by atoms with Crippen LogP contribution in [-0.2, 0) is 4.79 Å². The number of carbonyl (C=O) groups is 1. The number of rotatable bonds is 6. The van der Waals surface area contributed by atoms with Gasteiger partial charge in [-0.2, -0.15) is 5.10 Å². The fourth-order valence-electron chi connectivity index (χ4n) is 3.99. The van der Waals surface area contributed by atoms with Gasteiger partial charge in [-0.15, -0.1) is 0 Å². The third-order valence-electron chi connectivity index (χ3n) is 5.74. The molecule has 0 spiro atoms. The van der Waals surface area contributed by atoms with E-state index >= 15 is 0 Å². The summed E-state index contributed by atoms with van der Waals surface area (Å²) in [5.41, 5.74) is 3.48. The van der Waals surface area contributed by atoms with E-state index < -0.39 is 0 Å². The number of methoxy groups -OCH3 is 2. The standard InChI is InChI=1S/C26H29N3O3/c1-31-23-14-12-20(18-24(23)32-2)26-21(19-29(27-26)22-10-6-5-7-11-22)13-15-25(30)28-16-8-3-4-9-17-28/h5-7,10-15,18-19H,3-4,8-9,16-17H2,1-2H3/b15-13+. The van der Waals surface area contributed by atoms with E-state index in [1.807, 2.05) is 70.4 Å². The lowest BCUT2D eigenvalue weighted by molar-refractivity contribution is -0.125. The quantitative estimate of drug-likeness (QED) is 0.517. The summed E-state index contributed by atoms with van der Waals surface area (Å²) in [6, 6.07) is 15.7. The van der Waals surface area contributed by atoms with Crippen LogP contribution in [0.2, 0.25) is 0 Å². The van der Waals surface area contributed by atoms with Gasteiger partial charge in [-0.25, -0.2) is 4.68 Å². The van der Waals surface area contributed by atoms with Crippen LogP contribution in [0, 0.1) is 0 Å². The van der Waals surface area contributed by atoms with E-state index in [1.54, 1.807) is 20.3 Å². The Bertz CT molecular complexity index is 1080. The molecule has 1 aliphatic rings. The number of carbonyl (C=O) groups excluding carboxylic acids is 1. The van der Waals surface area contributed by atoms with Gasteiger partial charge in [-0.3, -0.25) is 4.79 Å². The average molecular weight is 432 g/mol. The second kappa shape index (κ2) is 10.2. The second-order valence-corrected chi connectivity index (χ2v) is 7.86. The highest BCUT2D eigenvalue weighted by molar-refractivity contribution is 5.93. The van der Waals surface area contributed by atoms with Crippen LogP contribution in [0.5, 0.6) is 11.5 Å². The van der Waals surface area contributed by atoms with Crippen molar-refractivity contribution in [1.82, 2.24) is 14.7 Å². The molecule has 0 saturated carbocycles. The third kappa shape index (κ3) is 4.85. The molecule has 0 atom stereocenters. The number of likely N-dealkylation sites (tertiary alicyclic amines) is 1. The Kier molecular flexibility index (Phi) is 6.90. The monoisotopic (exact) mass is 431 g/mol. The zero-order chi connectivity index (χ0) is 22.3. The molecule has 0 aliphatic carbocycles. The zero-order valence-corrected chi connectivity index (χ0v) is 18.7. The molecule has 1 aromatic heterocycles.